The molecule has 1 rings (SSSR count). The van der Waals surface area contributed by atoms with Crippen molar-refractivity contribution in [3.63, 3.8) is 0 Å². The maximum absolute atomic E-state index is 5.55. The summed E-state index contributed by atoms with van der Waals surface area (Å²) in [6.07, 6.45) is 1.05. The maximum Gasteiger partial charge on any atom is 0.191 e. The van der Waals surface area contributed by atoms with Crippen LogP contribution in [0.5, 0.6) is 0 Å². The molecular weight excluding hydrogens is 455 g/mol. The Balaban J connectivity index is 0.00000676. The number of nitrogens with zero attached hydrogens (tertiary/aromatic N) is 2. The molecule has 0 saturated heterocycles. The van der Waals surface area contributed by atoms with Crippen LogP contribution in [-0.2, 0) is 22.6 Å². The first-order valence-corrected chi connectivity index (χ1v) is 9.55. The minimum atomic E-state index is 0. The van der Waals surface area contributed by atoms with Gasteiger partial charge in [-0.1, -0.05) is 24.3 Å². The van der Waals surface area contributed by atoms with Gasteiger partial charge >= 0.3 is 0 Å². The predicted molar refractivity (Wildman–Crippen MR) is 124 cm³/mol. The highest BCUT2D eigenvalue weighted by Gasteiger charge is 2.03. The average molecular weight is 492 g/mol. The standard InChI is InChI=1S/C20H36N4O2.HI/c1-5-21-20(22-12-14-24(3)13-9-15-25-4)23-16-18-10-7-8-11-19(18)17-26-6-2;/h7-8,10-11H,5-6,9,12-17H2,1-4H3,(H2,21,22,23);1H. The maximum atomic E-state index is 5.55. The van der Waals surface area contributed by atoms with Crippen LogP contribution in [0.2, 0.25) is 0 Å². The molecule has 0 heterocycles. The highest BCUT2D eigenvalue weighted by atomic mass is 127. The SMILES string of the molecule is CCNC(=NCc1ccccc1COCC)NCCN(C)CCCOC.I. The fraction of sp³-hybridized carbons (Fsp3) is 0.650. The van der Waals surface area contributed by atoms with Gasteiger partial charge in [-0.3, -0.25) is 0 Å². The van der Waals surface area contributed by atoms with Crippen molar-refractivity contribution in [3.05, 3.63) is 35.4 Å². The highest BCUT2D eigenvalue weighted by molar-refractivity contribution is 14.0. The van der Waals surface area contributed by atoms with Gasteiger partial charge < -0.3 is 25.0 Å². The zero-order valence-electron chi connectivity index (χ0n) is 17.3. The molecule has 0 unspecified atom stereocenters. The number of halogens is 1. The molecule has 7 heteroatoms. The minimum absolute atomic E-state index is 0. The number of aliphatic imine (C=N–C) groups is 1. The van der Waals surface area contributed by atoms with Crippen LogP contribution in [0.1, 0.15) is 31.4 Å². The highest BCUT2D eigenvalue weighted by Crippen LogP contribution is 2.11. The second-order valence-corrected chi connectivity index (χ2v) is 6.18. The second-order valence-electron chi connectivity index (χ2n) is 6.18. The third kappa shape index (κ3) is 12.2. The molecule has 156 valence electrons. The minimum Gasteiger partial charge on any atom is -0.385 e. The Kier molecular flexibility index (Phi) is 16.6. The van der Waals surface area contributed by atoms with Crippen LogP contribution >= 0.6 is 24.0 Å². The fourth-order valence-electron chi connectivity index (χ4n) is 2.53. The van der Waals surface area contributed by atoms with Crippen LogP contribution in [0.4, 0.5) is 0 Å². The molecule has 0 aliphatic heterocycles. The summed E-state index contributed by atoms with van der Waals surface area (Å²) in [6.45, 7) is 10.6. The molecule has 0 bridgehead atoms. The molecule has 0 aliphatic rings. The van der Waals surface area contributed by atoms with Gasteiger partial charge in [-0.05, 0) is 38.4 Å². The van der Waals surface area contributed by atoms with E-state index in [1.54, 1.807) is 7.11 Å². The summed E-state index contributed by atoms with van der Waals surface area (Å²) < 4.78 is 10.6. The van der Waals surface area contributed by atoms with E-state index in [9.17, 15) is 0 Å². The number of methoxy groups -OCH3 is 1. The van der Waals surface area contributed by atoms with E-state index in [2.05, 4.69) is 47.7 Å². The van der Waals surface area contributed by atoms with Crippen LogP contribution in [0, 0.1) is 0 Å². The molecule has 0 aromatic heterocycles. The summed E-state index contributed by atoms with van der Waals surface area (Å²) in [7, 11) is 3.87. The van der Waals surface area contributed by atoms with Crippen molar-refractivity contribution >= 4 is 29.9 Å². The summed E-state index contributed by atoms with van der Waals surface area (Å²) in [5, 5.41) is 6.72. The van der Waals surface area contributed by atoms with E-state index < -0.39 is 0 Å². The molecule has 0 fully saturated rings. The lowest BCUT2D eigenvalue weighted by Gasteiger charge is -2.18. The molecule has 0 saturated carbocycles. The Morgan fingerprint density at radius 1 is 1.11 bits per heavy atom. The van der Waals surface area contributed by atoms with Gasteiger partial charge in [0, 0.05) is 46.5 Å². The summed E-state index contributed by atoms with van der Waals surface area (Å²) in [6, 6.07) is 8.32. The lowest BCUT2D eigenvalue weighted by molar-refractivity contribution is 0.133. The first-order chi connectivity index (χ1) is 12.7. The number of benzene rings is 1. The smallest absolute Gasteiger partial charge is 0.191 e. The van der Waals surface area contributed by atoms with Gasteiger partial charge in [-0.15, -0.1) is 24.0 Å². The third-order valence-corrected chi connectivity index (χ3v) is 4.01. The van der Waals surface area contributed by atoms with Gasteiger partial charge in [0.2, 0.25) is 0 Å². The molecule has 6 nitrogen and oxygen atoms in total. The van der Waals surface area contributed by atoms with Crippen molar-refractivity contribution in [2.45, 2.75) is 33.4 Å². The van der Waals surface area contributed by atoms with Gasteiger partial charge in [-0.2, -0.15) is 0 Å². The predicted octanol–water partition coefficient (Wildman–Crippen LogP) is 2.86. The van der Waals surface area contributed by atoms with Crippen molar-refractivity contribution < 1.29 is 9.47 Å². The van der Waals surface area contributed by atoms with Gasteiger partial charge in [0.25, 0.3) is 0 Å². The Labute approximate surface area is 182 Å². The summed E-state index contributed by atoms with van der Waals surface area (Å²) in [4.78, 5) is 7.02. The molecule has 0 spiro atoms. The van der Waals surface area contributed by atoms with E-state index in [0.29, 0.717) is 13.2 Å². The molecule has 1 aromatic carbocycles. The molecule has 1 aromatic rings. The lowest BCUT2D eigenvalue weighted by atomic mass is 10.1. The number of guanidine groups is 1. The average Bonchev–Trinajstić information content (AvgIpc) is 2.65. The number of hydrogen-bond donors (Lipinski definition) is 2. The van der Waals surface area contributed by atoms with Crippen LogP contribution in [0.25, 0.3) is 0 Å². The number of rotatable bonds is 13. The van der Waals surface area contributed by atoms with Crippen LogP contribution < -0.4 is 10.6 Å². The molecule has 0 radical (unpaired) electrons. The Morgan fingerprint density at radius 3 is 2.52 bits per heavy atom. The van der Waals surface area contributed by atoms with Gasteiger partial charge in [0.05, 0.1) is 13.2 Å². The molecule has 2 N–H and O–H groups in total. The largest absolute Gasteiger partial charge is 0.385 e. The molecule has 27 heavy (non-hydrogen) atoms. The van der Waals surface area contributed by atoms with Gasteiger partial charge in [-0.25, -0.2) is 4.99 Å². The topological polar surface area (TPSA) is 58.1 Å². The number of ether oxygens (including phenoxy) is 2. The van der Waals surface area contributed by atoms with Gasteiger partial charge in [0.15, 0.2) is 5.96 Å². The van der Waals surface area contributed by atoms with Crippen LogP contribution in [-0.4, -0.2) is 64.4 Å². The van der Waals surface area contributed by atoms with E-state index in [1.807, 2.05) is 13.0 Å². The van der Waals surface area contributed by atoms with Crippen molar-refractivity contribution in [3.8, 4) is 0 Å². The normalized spacial score (nSPS) is 11.4. The van der Waals surface area contributed by atoms with Gasteiger partial charge in [0.1, 0.15) is 0 Å². The third-order valence-electron chi connectivity index (χ3n) is 4.01. The summed E-state index contributed by atoms with van der Waals surface area (Å²) >= 11 is 0. The number of nitrogens with one attached hydrogen (secondary N) is 2. The van der Waals surface area contributed by atoms with E-state index in [0.717, 1.165) is 51.8 Å². The molecule has 0 atom stereocenters. The monoisotopic (exact) mass is 492 g/mol. The molecule has 0 aliphatic carbocycles. The quantitative estimate of drug-likeness (QED) is 0.192. The summed E-state index contributed by atoms with van der Waals surface area (Å²) in [5.74, 6) is 0.851. The first kappa shape index (κ1) is 26.1. The zero-order chi connectivity index (χ0) is 19.0. The zero-order valence-corrected chi connectivity index (χ0v) is 19.6. The first-order valence-electron chi connectivity index (χ1n) is 9.55. The van der Waals surface area contributed by atoms with E-state index in [1.165, 1.54) is 11.1 Å². The molecular formula is C20H37IN4O2. The van der Waals surface area contributed by atoms with E-state index >= 15 is 0 Å². The van der Waals surface area contributed by atoms with Crippen molar-refractivity contribution in [1.29, 1.82) is 0 Å². The Hall–Kier alpha value is -0.900. The lowest BCUT2D eigenvalue weighted by Crippen LogP contribution is -2.41. The van der Waals surface area contributed by atoms with Crippen molar-refractivity contribution in [2.75, 3.05) is 53.6 Å². The van der Waals surface area contributed by atoms with Crippen LogP contribution in [0.3, 0.4) is 0 Å². The van der Waals surface area contributed by atoms with Crippen molar-refractivity contribution in [1.82, 2.24) is 15.5 Å². The van der Waals surface area contributed by atoms with Crippen molar-refractivity contribution in [2.24, 2.45) is 4.99 Å². The Bertz CT molecular complexity index is 515. The van der Waals surface area contributed by atoms with E-state index in [-0.39, 0.29) is 24.0 Å². The summed E-state index contributed by atoms with van der Waals surface area (Å²) in [5.41, 5.74) is 2.40. The van der Waals surface area contributed by atoms with E-state index in [4.69, 9.17) is 14.5 Å². The van der Waals surface area contributed by atoms with Crippen LogP contribution in [0.15, 0.2) is 29.3 Å². The second kappa shape index (κ2) is 17.2. The number of likely N-dealkylation sites (N-methyl/N-ethyl adjacent to an activating group) is 1. The fourth-order valence-corrected chi connectivity index (χ4v) is 2.53. The molecule has 0 amide bonds. The Morgan fingerprint density at radius 2 is 1.85 bits per heavy atom. The number of hydrogen-bond acceptors (Lipinski definition) is 4.